The number of imide groups is 1. The first-order chi connectivity index (χ1) is 8.71. The Morgan fingerprint density at radius 3 is 2.11 bits per heavy atom. The number of carbonyl (C=O) groups is 2. The summed E-state index contributed by atoms with van der Waals surface area (Å²) in [6, 6.07) is 10.1. The Morgan fingerprint density at radius 1 is 1.00 bits per heavy atom. The molecule has 1 saturated carbocycles. The highest BCUT2D eigenvalue weighted by molar-refractivity contribution is 6.13. The third-order valence-corrected chi connectivity index (χ3v) is 3.94. The van der Waals surface area contributed by atoms with E-state index in [9.17, 15) is 9.59 Å². The van der Waals surface area contributed by atoms with Gasteiger partial charge in [0.25, 0.3) is 11.8 Å². The van der Waals surface area contributed by atoms with Crippen molar-refractivity contribution in [1.82, 2.24) is 4.90 Å². The summed E-state index contributed by atoms with van der Waals surface area (Å²) in [5, 5.41) is 0. The normalized spacial score (nSPS) is 21.2. The molecule has 2 aliphatic rings. The fourth-order valence-corrected chi connectivity index (χ4v) is 2.91. The van der Waals surface area contributed by atoms with Gasteiger partial charge in [-0.25, -0.2) is 0 Å². The van der Waals surface area contributed by atoms with Crippen molar-refractivity contribution in [3.05, 3.63) is 48.0 Å². The SMILES string of the molecule is O=C1C=CC(=O)N1C1(Cc2ccccc2)CCC1. The number of hydrogen-bond donors (Lipinski definition) is 0. The Hall–Kier alpha value is -1.90. The van der Waals surface area contributed by atoms with E-state index in [1.54, 1.807) is 0 Å². The molecular weight excluding hydrogens is 226 g/mol. The topological polar surface area (TPSA) is 37.4 Å². The molecule has 0 N–H and O–H groups in total. The zero-order valence-electron chi connectivity index (χ0n) is 10.1. The van der Waals surface area contributed by atoms with Gasteiger partial charge < -0.3 is 0 Å². The summed E-state index contributed by atoms with van der Waals surface area (Å²) in [7, 11) is 0. The van der Waals surface area contributed by atoms with Gasteiger partial charge in [-0.05, 0) is 31.2 Å². The van der Waals surface area contributed by atoms with Crippen LogP contribution in [0.1, 0.15) is 24.8 Å². The second kappa shape index (κ2) is 4.09. The minimum Gasteiger partial charge on any atom is -0.269 e. The molecule has 1 aromatic rings. The van der Waals surface area contributed by atoms with E-state index in [2.05, 4.69) is 12.1 Å². The van der Waals surface area contributed by atoms with Gasteiger partial charge in [0.2, 0.25) is 0 Å². The van der Waals surface area contributed by atoms with Crippen LogP contribution in [0, 0.1) is 0 Å². The second-order valence-corrected chi connectivity index (χ2v) is 5.09. The summed E-state index contributed by atoms with van der Waals surface area (Å²) in [4.78, 5) is 25.1. The Morgan fingerprint density at radius 2 is 1.61 bits per heavy atom. The Kier molecular flexibility index (Phi) is 2.54. The Bertz CT molecular complexity index is 497. The molecule has 0 atom stereocenters. The van der Waals surface area contributed by atoms with Gasteiger partial charge in [-0.1, -0.05) is 30.3 Å². The van der Waals surface area contributed by atoms with Gasteiger partial charge >= 0.3 is 0 Å². The maximum atomic E-state index is 11.8. The molecule has 18 heavy (non-hydrogen) atoms. The fraction of sp³-hybridized carbons (Fsp3) is 0.333. The van der Waals surface area contributed by atoms with Gasteiger partial charge in [-0.2, -0.15) is 0 Å². The number of benzene rings is 1. The molecule has 0 unspecified atom stereocenters. The monoisotopic (exact) mass is 241 g/mol. The Balaban J connectivity index is 1.87. The van der Waals surface area contributed by atoms with Crippen molar-refractivity contribution in [1.29, 1.82) is 0 Å². The van der Waals surface area contributed by atoms with Crippen LogP contribution in [0.4, 0.5) is 0 Å². The first-order valence-corrected chi connectivity index (χ1v) is 6.31. The minimum absolute atomic E-state index is 0.157. The van der Waals surface area contributed by atoms with Crippen molar-refractivity contribution < 1.29 is 9.59 Å². The number of rotatable bonds is 3. The standard InChI is InChI=1S/C15H15NO2/c17-13-7-8-14(18)16(13)15(9-4-10-15)11-12-5-2-1-3-6-12/h1-3,5-8H,4,9-11H2. The third-order valence-electron chi connectivity index (χ3n) is 3.94. The molecule has 92 valence electrons. The number of hydrogen-bond acceptors (Lipinski definition) is 2. The minimum atomic E-state index is -0.279. The first-order valence-electron chi connectivity index (χ1n) is 6.31. The number of nitrogens with zero attached hydrogens (tertiary/aromatic N) is 1. The van der Waals surface area contributed by atoms with Crippen molar-refractivity contribution in [2.45, 2.75) is 31.2 Å². The molecular formula is C15H15NO2. The molecule has 0 radical (unpaired) electrons. The average molecular weight is 241 g/mol. The van der Waals surface area contributed by atoms with Crippen LogP contribution in [0.5, 0.6) is 0 Å². The molecule has 3 rings (SSSR count). The van der Waals surface area contributed by atoms with Crippen molar-refractivity contribution >= 4 is 11.8 Å². The molecule has 1 fully saturated rings. The molecule has 3 heteroatoms. The average Bonchev–Trinajstić information content (AvgIpc) is 2.66. The molecule has 2 amide bonds. The van der Waals surface area contributed by atoms with E-state index in [1.807, 2.05) is 18.2 Å². The van der Waals surface area contributed by atoms with Crippen LogP contribution in [0.15, 0.2) is 42.5 Å². The summed E-state index contributed by atoms with van der Waals surface area (Å²) >= 11 is 0. The molecule has 0 saturated heterocycles. The lowest BCUT2D eigenvalue weighted by Crippen LogP contribution is -2.57. The van der Waals surface area contributed by atoms with Crippen LogP contribution in [0.25, 0.3) is 0 Å². The third kappa shape index (κ3) is 1.67. The van der Waals surface area contributed by atoms with Crippen molar-refractivity contribution in [3.63, 3.8) is 0 Å². The quantitative estimate of drug-likeness (QED) is 0.760. The zero-order valence-corrected chi connectivity index (χ0v) is 10.1. The van der Waals surface area contributed by atoms with Gasteiger partial charge in [0, 0.05) is 12.2 Å². The lowest BCUT2D eigenvalue weighted by Gasteiger charge is -2.47. The van der Waals surface area contributed by atoms with Gasteiger partial charge in [-0.3, -0.25) is 14.5 Å². The molecule has 3 nitrogen and oxygen atoms in total. The lowest BCUT2D eigenvalue weighted by molar-refractivity contribution is -0.148. The van der Waals surface area contributed by atoms with Crippen molar-refractivity contribution in [2.75, 3.05) is 0 Å². The molecule has 1 aliphatic carbocycles. The van der Waals surface area contributed by atoms with Crippen LogP contribution in [-0.4, -0.2) is 22.3 Å². The van der Waals surface area contributed by atoms with Crippen LogP contribution < -0.4 is 0 Å². The number of carbonyl (C=O) groups excluding carboxylic acids is 2. The van der Waals surface area contributed by atoms with E-state index in [0.717, 1.165) is 25.7 Å². The summed E-state index contributed by atoms with van der Waals surface area (Å²) in [5.41, 5.74) is 0.906. The molecule has 1 heterocycles. The van der Waals surface area contributed by atoms with E-state index in [1.165, 1.54) is 22.6 Å². The fourth-order valence-electron chi connectivity index (χ4n) is 2.91. The highest BCUT2D eigenvalue weighted by atomic mass is 16.2. The van der Waals surface area contributed by atoms with E-state index < -0.39 is 0 Å². The lowest BCUT2D eigenvalue weighted by atomic mass is 9.71. The molecule has 1 aromatic carbocycles. The van der Waals surface area contributed by atoms with Gasteiger partial charge in [0.15, 0.2) is 0 Å². The van der Waals surface area contributed by atoms with Gasteiger partial charge in [0.1, 0.15) is 0 Å². The molecule has 0 spiro atoms. The van der Waals surface area contributed by atoms with Crippen LogP contribution in [0.2, 0.25) is 0 Å². The summed E-state index contributed by atoms with van der Waals surface area (Å²) < 4.78 is 0. The van der Waals surface area contributed by atoms with Crippen LogP contribution in [-0.2, 0) is 16.0 Å². The van der Waals surface area contributed by atoms with Crippen LogP contribution >= 0.6 is 0 Å². The van der Waals surface area contributed by atoms with E-state index >= 15 is 0 Å². The van der Waals surface area contributed by atoms with Gasteiger partial charge in [-0.15, -0.1) is 0 Å². The molecule has 1 aliphatic heterocycles. The zero-order chi connectivity index (χ0) is 12.6. The van der Waals surface area contributed by atoms with E-state index in [4.69, 9.17) is 0 Å². The maximum absolute atomic E-state index is 11.8. The number of amides is 2. The smallest absolute Gasteiger partial charge is 0.254 e. The second-order valence-electron chi connectivity index (χ2n) is 5.09. The van der Waals surface area contributed by atoms with Crippen LogP contribution in [0.3, 0.4) is 0 Å². The highest BCUT2D eigenvalue weighted by Gasteiger charge is 2.48. The molecule has 0 aromatic heterocycles. The molecule has 0 bridgehead atoms. The van der Waals surface area contributed by atoms with E-state index in [0.29, 0.717) is 0 Å². The predicted octanol–water partition coefficient (Wildman–Crippen LogP) is 2.08. The predicted molar refractivity (Wildman–Crippen MR) is 67.7 cm³/mol. The summed E-state index contributed by atoms with van der Waals surface area (Å²) in [5.74, 6) is -0.314. The highest BCUT2D eigenvalue weighted by Crippen LogP contribution is 2.41. The Labute approximate surface area is 106 Å². The first kappa shape index (κ1) is 11.2. The van der Waals surface area contributed by atoms with Crippen molar-refractivity contribution in [2.24, 2.45) is 0 Å². The van der Waals surface area contributed by atoms with E-state index in [-0.39, 0.29) is 17.4 Å². The van der Waals surface area contributed by atoms with Gasteiger partial charge in [0.05, 0.1) is 5.54 Å². The summed E-state index contributed by atoms with van der Waals surface area (Å²) in [6.07, 6.45) is 6.46. The summed E-state index contributed by atoms with van der Waals surface area (Å²) in [6.45, 7) is 0. The largest absolute Gasteiger partial charge is 0.269 e. The van der Waals surface area contributed by atoms with Crippen molar-refractivity contribution in [3.8, 4) is 0 Å². The maximum Gasteiger partial charge on any atom is 0.254 e.